The minimum absolute atomic E-state index is 0.0310. The fourth-order valence-corrected chi connectivity index (χ4v) is 4.32. The zero-order valence-electron chi connectivity index (χ0n) is 17.4. The first-order valence-electron chi connectivity index (χ1n) is 10.4. The molecule has 0 saturated carbocycles. The van der Waals surface area contributed by atoms with Crippen molar-refractivity contribution in [3.63, 3.8) is 0 Å². The van der Waals surface area contributed by atoms with Crippen LogP contribution in [0.5, 0.6) is 0 Å². The van der Waals surface area contributed by atoms with Crippen molar-refractivity contribution in [2.75, 3.05) is 19.7 Å². The van der Waals surface area contributed by atoms with Crippen molar-refractivity contribution in [3.05, 3.63) is 64.2 Å². The Morgan fingerprint density at radius 1 is 1.22 bits per heavy atom. The second kappa shape index (κ2) is 10.1. The van der Waals surface area contributed by atoms with Crippen molar-refractivity contribution < 1.29 is 24.2 Å². The predicted octanol–water partition coefficient (Wildman–Crippen LogP) is 2.08. The molecular weight excluding hydrogens is 430 g/mol. The molecule has 1 saturated heterocycles. The molecule has 0 unspecified atom stereocenters. The second-order valence-corrected chi connectivity index (χ2v) is 8.65. The molecule has 2 amide bonds. The van der Waals surface area contributed by atoms with E-state index in [9.17, 15) is 19.8 Å². The van der Waals surface area contributed by atoms with E-state index in [0.29, 0.717) is 31.8 Å². The van der Waals surface area contributed by atoms with Crippen LogP contribution in [0.4, 0.5) is 0 Å². The molecule has 1 aliphatic heterocycles. The van der Waals surface area contributed by atoms with Crippen LogP contribution >= 0.6 is 11.3 Å². The van der Waals surface area contributed by atoms with Crippen LogP contribution in [-0.2, 0) is 17.8 Å². The summed E-state index contributed by atoms with van der Waals surface area (Å²) in [6.07, 6.45) is 1.48. The predicted molar refractivity (Wildman–Crippen MR) is 119 cm³/mol. The van der Waals surface area contributed by atoms with Crippen LogP contribution < -0.4 is 5.32 Å². The highest BCUT2D eigenvalue weighted by Crippen LogP contribution is 2.22. The van der Waals surface area contributed by atoms with E-state index in [2.05, 4.69) is 10.3 Å². The Bertz CT molecular complexity index is 1050. The standard InChI is InChI=1S/C23H25N3O5S/c27-12-18-5-7-26(11-20(18)28)23(30)19-13-31-22(25-19)17-3-1-15(2-4-17)10-24-21(29)9-16-6-8-32-14-16/h1-4,6,8,13-14,18,20,27-28H,5,7,9-12H2,(H,24,29)/t18-,20-/m0/s1. The van der Waals surface area contributed by atoms with Gasteiger partial charge in [0.2, 0.25) is 11.8 Å². The lowest BCUT2D eigenvalue weighted by Crippen LogP contribution is -2.47. The highest BCUT2D eigenvalue weighted by Gasteiger charge is 2.31. The average Bonchev–Trinajstić information content (AvgIpc) is 3.50. The molecule has 0 bridgehead atoms. The minimum atomic E-state index is -0.748. The maximum Gasteiger partial charge on any atom is 0.275 e. The lowest BCUT2D eigenvalue weighted by molar-refractivity contribution is -0.120. The van der Waals surface area contributed by atoms with Gasteiger partial charge >= 0.3 is 0 Å². The van der Waals surface area contributed by atoms with E-state index >= 15 is 0 Å². The van der Waals surface area contributed by atoms with Gasteiger partial charge in [-0.05, 0) is 46.5 Å². The van der Waals surface area contributed by atoms with Gasteiger partial charge in [-0.3, -0.25) is 9.59 Å². The van der Waals surface area contributed by atoms with Crippen molar-refractivity contribution in [2.45, 2.75) is 25.5 Å². The Labute approximate surface area is 189 Å². The molecule has 2 aromatic heterocycles. The van der Waals surface area contributed by atoms with Crippen LogP contribution in [0.15, 0.2) is 51.8 Å². The number of likely N-dealkylation sites (tertiary alicyclic amines) is 1. The number of thiophene rings is 1. The topological polar surface area (TPSA) is 116 Å². The SMILES string of the molecule is O=C(Cc1ccsc1)NCc1ccc(-c2nc(C(=O)N3CC[C@@H](CO)[C@@H](O)C3)co2)cc1. The first-order chi connectivity index (χ1) is 15.5. The van der Waals surface area contributed by atoms with Gasteiger partial charge in [0.05, 0.1) is 12.5 Å². The number of piperidine rings is 1. The Morgan fingerprint density at radius 2 is 2.03 bits per heavy atom. The summed E-state index contributed by atoms with van der Waals surface area (Å²) in [5.74, 6) is -0.213. The van der Waals surface area contributed by atoms with Gasteiger partial charge < -0.3 is 24.8 Å². The van der Waals surface area contributed by atoms with Gasteiger partial charge in [0, 0.05) is 37.7 Å². The second-order valence-electron chi connectivity index (χ2n) is 7.87. The molecule has 9 heteroatoms. The molecule has 0 aliphatic carbocycles. The van der Waals surface area contributed by atoms with Gasteiger partial charge in [-0.15, -0.1) is 0 Å². The van der Waals surface area contributed by atoms with Crippen LogP contribution in [0.3, 0.4) is 0 Å². The molecule has 0 radical (unpaired) electrons. The van der Waals surface area contributed by atoms with E-state index < -0.39 is 6.10 Å². The van der Waals surface area contributed by atoms with Gasteiger partial charge in [0.25, 0.3) is 5.91 Å². The third kappa shape index (κ3) is 5.24. The molecular formula is C23H25N3O5S. The number of rotatable bonds is 7. The molecule has 1 fully saturated rings. The third-order valence-corrected chi connectivity index (χ3v) is 6.33. The van der Waals surface area contributed by atoms with Crippen molar-refractivity contribution >= 4 is 23.2 Å². The summed E-state index contributed by atoms with van der Waals surface area (Å²) >= 11 is 1.57. The van der Waals surface area contributed by atoms with Crippen molar-refractivity contribution in [1.29, 1.82) is 0 Å². The molecule has 0 spiro atoms. The number of hydrogen-bond donors (Lipinski definition) is 3. The number of aliphatic hydroxyl groups is 2. The summed E-state index contributed by atoms with van der Waals surface area (Å²) in [6.45, 7) is 0.950. The number of aliphatic hydroxyl groups excluding tert-OH is 2. The highest BCUT2D eigenvalue weighted by atomic mass is 32.1. The Kier molecular flexibility index (Phi) is 6.99. The number of nitrogens with one attached hydrogen (secondary N) is 1. The number of β-amino-alcohol motifs (C(OH)–C–C–N with tert-alkyl or cyclic N) is 1. The molecule has 2 atom stereocenters. The molecule has 1 aromatic carbocycles. The van der Waals surface area contributed by atoms with Crippen LogP contribution in [0.1, 0.15) is 28.0 Å². The summed E-state index contributed by atoms with van der Waals surface area (Å²) in [5, 5.41) is 26.1. The van der Waals surface area contributed by atoms with E-state index in [-0.39, 0.29) is 36.6 Å². The molecule has 3 N–H and O–H groups in total. The maximum absolute atomic E-state index is 12.7. The van der Waals surface area contributed by atoms with E-state index in [0.717, 1.165) is 16.7 Å². The Balaban J connectivity index is 1.33. The van der Waals surface area contributed by atoms with E-state index in [4.69, 9.17) is 4.42 Å². The van der Waals surface area contributed by atoms with E-state index in [1.165, 1.54) is 11.2 Å². The Morgan fingerprint density at radius 3 is 2.72 bits per heavy atom. The van der Waals surface area contributed by atoms with Crippen molar-refractivity contribution in [2.24, 2.45) is 5.92 Å². The number of amides is 2. The van der Waals surface area contributed by atoms with Gasteiger partial charge in [0.1, 0.15) is 6.26 Å². The molecule has 3 heterocycles. The van der Waals surface area contributed by atoms with E-state index in [1.807, 2.05) is 41.1 Å². The summed E-state index contributed by atoms with van der Waals surface area (Å²) < 4.78 is 5.50. The summed E-state index contributed by atoms with van der Waals surface area (Å²) in [4.78, 5) is 30.6. The largest absolute Gasteiger partial charge is 0.444 e. The number of carbonyl (C=O) groups is 2. The number of carbonyl (C=O) groups excluding carboxylic acids is 2. The molecule has 8 nitrogen and oxygen atoms in total. The first kappa shape index (κ1) is 22.2. The van der Waals surface area contributed by atoms with Crippen LogP contribution in [0.25, 0.3) is 11.5 Å². The number of nitrogens with zero attached hydrogens (tertiary/aromatic N) is 2. The lowest BCUT2D eigenvalue weighted by Gasteiger charge is -2.34. The summed E-state index contributed by atoms with van der Waals surface area (Å²) in [5.41, 5.74) is 2.84. The summed E-state index contributed by atoms with van der Waals surface area (Å²) in [6, 6.07) is 9.35. The quantitative estimate of drug-likeness (QED) is 0.502. The normalized spacial score (nSPS) is 18.5. The number of hydrogen-bond acceptors (Lipinski definition) is 7. The third-order valence-electron chi connectivity index (χ3n) is 5.60. The monoisotopic (exact) mass is 455 g/mol. The fraction of sp³-hybridized carbons (Fsp3) is 0.348. The average molecular weight is 456 g/mol. The van der Waals surface area contributed by atoms with Crippen molar-refractivity contribution in [1.82, 2.24) is 15.2 Å². The highest BCUT2D eigenvalue weighted by molar-refractivity contribution is 7.08. The van der Waals surface area contributed by atoms with Crippen molar-refractivity contribution in [3.8, 4) is 11.5 Å². The van der Waals surface area contributed by atoms with Gasteiger partial charge in [-0.25, -0.2) is 4.98 Å². The van der Waals surface area contributed by atoms with Gasteiger partial charge in [0.15, 0.2) is 5.69 Å². The molecule has 4 rings (SSSR count). The first-order valence-corrected chi connectivity index (χ1v) is 11.4. The molecule has 1 aliphatic rings. The molecule has 32 heavy (non-hydrogen) atoms. The van der Waals surface area contributed by atoms with Crippen LogP contribution in [-0.4, -0.2) is 57.7 Å². The smallest absolute Gasteiger partial charge is 0.275 e. The zero-order chi connectivity index (χ0) is 22.5. The number of aromatic nitrogens is 1. The maximum atomic E-state index is 12.7. The van der Waals surface area contributed by atoms with E-state index in [1.54, 1.807) is 11.3 Å². The number of benzene rings is 1. The Hall–Kier alpha value is -3.01. The van der Waals surface area contributed by atoms with Crippen LogP contribution in [0.2, 0.25) is 0 Å². The fourth-order valence-electron chi connectivity index (χ4n) is 3.65. The van der Waals surface area contributed by atoms with Gasteiger partial charge in [-0.2, -0.15) is 11.3 Å². The van der Waals surface area contributed by atoms with Gasteiger partial charge in [-0.1, -0.05) is 12.1 Å². The molecule has 168 valence electrons. The lowest BCUT2D eigenvalue weighted by atomic mass is 9.94. The number of oxazole rings is 1. The van der Waals surface area contributed by atoms with Crippen LogP contribution in [0, 0.1) is 5.92 Å². The zero-order valence-corrected chi connectivity index (χ0v) is 18.3. The summed E-state index contributed by atoms with van der Waals surface area (Å²) in [7, 11) is 0. The molecule has 3 aromatic rings. The minimum Gasteiger partial charge on any atom is -0.444 e.